The summed E-state index contributed by atoms with van der Waals surface area (Å²) in [6, 6.07) is 0. The van der Waals surface area contributed by atoms with Gasteiger partial charge in [-0.1, -0.05) is 0 Å². The van der Waals surface area contributed by atoms with Gasteiger partial charge in [0.25, 0.3) is 6.47 Å². The van der Waals surface area contributed by atoms with Gasteiger partial charge < -0.3 is 20.1 Å². The van der Waals surface area contributed by atoms with E-state index < -0.39 is 5.97 Å². The monoisotopic (exact) mass is 299 g/mol. The van der Waals surface area contributed by atoms with Crippen LogP contribution in [0.15, 0.2) is 6.33 Å². The second-order valence-corrected chi connectivity index (χ2v) is 4.31. The Hall–Kier alpha value is -2.38. The van der Waals surface area contributed by atoms with Gasteiger partial charge in [0.05, 0.1) is 12.0 Å². The average Bonchev–Trinajstić information content (AvgIpc) is 2.71. The van der Waals surface area contributed by atoms with Crippen molar-refractivity contribution in [2.45, 2.75) is 39.7 Å². The lowest BCUT2D eigenvalue weighted by Crippen LogP contribution is -2.27. The summed E-state index contributed by atoms with van der Waals surface area (Å²) in [6.07, 6.45) is 2.42. The first-order chi connectivity index (χ1) is 9.92. The van der Waals surface area contributed by atoms with Crippen LogP contribution in [0.2, 0.25) is 0 Å². The van der Waals surface area contributed by atoms with Gasteiger partial charge >= 0.3 is 5.97 Å². The van der Waals surface area contributed by atoms with Gasteiger partial charge in [-0.3, -0.25) is 14.4 Å². The van der Waals surface area contributed by atoms with Gasteiger partial charge in [-0.25, -0.2) is 4.98 Å². The second-order valence-electron chi connectivity index (χ2n) is 4.31. The number of amides is 1. The molecule has 0 saturated carbocycles. The topological polar surface area (TPSA) is 122 Å². The van der Waals surface area contributed by atoms with Gasteiger partial charge in [-0.15, -0.1) is 0 Å². The molecule has 0 saturated heterocycles. The summed E-state index contributed by atoms with van der Waals surface area (Å²) in [7, 11) is 0. The van der Waals surface area contributed by atoms with Gasteiger partial charge in [0.2, 0.25) is 5.91 Å². The van der Waals surface area contributed by atoms with Crippen molar-refractivity contribution in [1.82, 2.24) is 14.9 Å². The van der Waals surface area contributed by atoms with Crippen LogP contribution in [0.1, 0.15) is 30.7 Å². The van der Waals surface area contributed by atoms with E-state index in [1.54, 1.807) is 6.33 Å². The number of imidazole rings is 1. The van der Waals surface area contributed by atoms with Crippen LogP contribution in [0.5, 0.6) is 0 Å². The number of aliphatic carboxylic acids is 1. The Balaban J connectivity index is 0.00000122. The summed E-state index contributed by atoms with van der Waals surface area (Å²) in [4.78, 5) is 34.2. The predicted octanol–water partition coefficient (Wildman–Crippen LogP) is 0.572. The molecule has 0 unspecified atom stereocenters. The van der Waals surface area contributed by atoms with E-state index in [0.717, 1.165) is 11.4 Å². The summed E-state index contributed by atoms with van der Waals surface area (Å²) >= 11 is 0. The number of hydrogen-bond acceptors (Lipinski definition) is 4. The first-order valence-corrected chi connectivity index (χ1v) is 6.47. The zero-order valence-electron chi connectivity index (χ0n) is 12.2. The third-order valence-electron chi connectivity index (χ3n) is 2.81. The minimum atomic E-state index is -0.868. The van der Waals surface area contributed by atoms with Gasteiger partial charge in [0.1, 0.15) is 0 Å². The van der Waals surface area contributed by atoms with Crippen molar-refractivity contribution in [3.63, 3.8) is 0 Å². The molecule has 0 radical (unpaired) electrons. The van der Waals surface area contributed by atoms with Gasteiger partial charge in [0, 0.05) is 31.6 Å². The first kappa shape index (κ1) is 18.6. The summed E-state index contributed by atoms with van der Waals surface area (Å²) in [6.45, 7) is 4.88. The molecule has 1 aromatic heterocycles. The third-order valence-corrected chi connectivity index (χ3v) is 2.81. The highest BCUT2D eigenvalue weighted by molar-refractivity contribution is 5.76. The van der Waals surface area contributed by atoms with E-state index in [-0.39, 0.29) is 25.2 Å². The summed E-state index contributed by atoms with van der Waals surface area (Å²) in [5, 5.41) is 18.1. The van der Waals surface area contributed by atoms with E-state index in [1.807, 2.05) is 18.4 Å². The quantitative estimate of drug-likeness (QED) is 0.633. The smallest absolute Gasteiger partial charge is 0.303 e. The maximum absolute atomic E-state index is 11.4. The van der Waals surface area contributed by atoms with Crippen LogP contribution in [0.4, 0.5) is 0 Å². The lowest BCUT2D eigenvalue weighted by Gasteiger charge is -2.07. The number of nitrogens with one attached hydrogen (secondary N) is 1. The highest BCUT2D eigenvalue weighted by Crippen LogP contribution is 2.03. The summed E-state index contributed by atoms with van der Waals surface area (Å²) < 4.78 is 1.98. The number of carbonyl (C=O) groups is 3. The molecular formula is C13H21N3O5. The molecule has 0 fully saturated rings. The normalized spacial score (nSPS) is 9.43. The molecule has 0 spiro atoms. The number of hydrogen-bond donors (Lipinski definition) is 3. The number of rotatable bonds is 7. The molecule has 1 amide bonds. The number of carbonyl (C=O) groups excluding carboxylic acids is 1. The van der Waals surface area contributed by atoms with Crippen LogP contribution in [0.3, 0.4) is 0 Å². The molecule has 0 aliphatic rings. The fraction of sp³-hybridized carbons (Fsp3) is 0.538. The Morgan fingerprint density at radius 1 is 1.38 bits per heavy atom. The molecule has 8 nitrogen and oxygen atoms in total. The maximum Gasteiger partial charge on any atom is 0.303 e. The van der Waals surface area contributed by atoms with Crippen LogP contribution in [-0.4, -0.2) is 44.7 Å². The zero-order chi connectivity index (χ0) is 16.3. The fourth-order valence-electron chi connectivity index (χ4n) is 1.57. The maximum atomic E-state index is 11.4. The number of aryl methyl sites for hydroxylation is 1. The Bertz CT molecular complexity index is 470. The second kappa shape index (κ2) is 10.4. The van der Waals surface area contributed by atoms with Crippen LogP contribution in [0.25, 0.3) is 0 Å². The molecule has 0 atom stereocenters. The van der Waals surface area contributed by atoms with E-state index in [2.05, 4.69) is 10.3 Å². The van der Waals surface area contributed by atoms with Gasteiger partial charge in [-0.2, -0.15) is 0 Å². The average molecular weight is 299 g/mol. The standard InChI is InChI=1S/C12H19N3O3.CH2O2/c1-9-10(2)15(8-14-9)7-6-13-11(16)4-3-5-12(17)18;2-1-3/h8H,3-7H2,1-2H3,(H,13,16)(H,17,18);1H,(H,2,3). The molecule has 21 heavy (non-hydrogen) atoms. The number of aromatic nitrogens is 2. The summed E-state index contributed by atoms with van der Waals surface area (Å²) in [5.41, 5.74) is 2.08. The van der Waals surface area contributed by atoms with E-state index in [0.29, 0.717) is 19.5 Å². The molecule has 1 aromatic rings. The van der Waals surface area contributed by atoms with Gasteiger partial charge in [0.15, 0.2) is 0 Å². The molecule has 0 aliphatic heterocycles. The number of carboxylic acids is 1. The molecule has 1 rings (SSSR count). The molecule has 0 aromatic carbocycles. The number of nitrogens with zero attached hydrogens (tertiary/aromatic N) is 2. The highest BCUT2D eigenvalue weighted by Gasteiger charge is 2.04. The predicted molar refractivity (Wildman–Crippen MR) is 74.9 cm³/mol. The van der Waals surface area contributed by atoms with Crippen molar-refractivity contribution in [2.75, 3.05) is 6.54 Å². The molecule has 8 heteroatoms. The first-order valence-electron chi connectivity index (χ1n) is 6.47. The van der Waals surface area contributed by atoms with E-state index >= 15 is 0 Å². The highest BCUT2D eigenvalue weighted by atomic mass is 16.4. The molecule has 3 N–H and O–H groups in total. The Kier molecular flexibility index (Phi) is 9.23. The molecule has 0 aliphatic carbocycles. The van der Waals surface area contributed by atoms with Crippen molar-refractivity contribution >= 4 is 18.3 Å². The SMILES string of the molecule is Cc1ncn(CCNC(=O)CCCC(=O)O)c1C.O=CO. The Morgan fingerprint density at radius 2 is 2.00 bits per heavy atom. The van der Waals surface area contributed by atoms with E-state index in [4.69, 9.17) is 15.0 Å². The minimum Gasteiger partial charge on any atom is -0.483 e. The van der Waals surface area contributed by atoms with E-state index in [9.17, 15) is 9.59 Å². The third kappa shape index (κ3) is 8.40. The Labute approximate surface area is 122 Å². The Morgan fingerprint density at radius 3 is 2.48 bits per heavy atom. The molecule has 1 heterocycles. The van der Waals surface area contributed by atoms with Crippen LogP contribution in [0, 0.1) is 13.8 Å². The van der Waals surface area contributed by atoms with Crippen molar-refractivity contribution < 1.29 is 24.6 Å². The van der Waals surface area contributed by atoms with Crippen molar-refractivity contribution in [2.24, 2.45) is 0 Å². The lowest BCUT2D eigenvalue weighted by molar-refractivity contribution is -0.137. The minimum absolute atomic E-state index is 0.0350. The van der Waals surface area contributed by atoms with Crippen LogP contribution in [-0.2, 0) is 20.9 Å². The fourth-order valence-corrected chi connectivity index (χ4v) is 1.57. The van der Waals surface area contributed by atoms with E-state index in [1.165, 1.54) is 0 Å². The lowest BCUT2D eigenvalue weighted by atomic mass is 10.2. The zero-order valence-corrected chi connectivity index (χ0v) is 12.2. The van der Waals surface area contributed by atoms with Crippen LogP contribution < -0.4 is 5.32 Å². The van der Waals surface area contributed by atoms with Crippen molar-refractivity contribution in [3.8, 4) is 0 Å². The van der Waals surface area contributed by atoms with Crippen molar-refractivity contribution in [3.05, 3.63) is 17.7 Å². The van der Waals surface area contributed by atoms with Crippen LogP contribution >= 0.6 is 0 Å². The molecular weight excluding hydrogens is 278 g/mol. The molecule has 118 valence electrons. The molecule has 0 bridgehead atoms. The van der Waals surface area contributed by atoms with Crippen molar-refractivity contribution in [1.29, 1.82) is 0 Å². The number of carboxylic acid groups (broad SMARTS) is 2. The largest absolute Gasteiger partial charge is 0.483 e. The summed E-state index contributed by atoms with van der Waals surface area (Å²) in [5.74, 6) is -0.974. The van der Waals surface area contributed by atoms with Gasteiger partial charge in [-0.05, 0) is 20.3 Å².